The molecule has 0 atom stereocenters. The summed E-state index contributed by atoms with van der Waals surface area (Å²) in [6.07, 6.45) is 3.47. The molecule has 0 saturated heterocycles. The normalized spacial score (nSPS) is 9.33. The van der Waals surface area contributed by atoms with Gasteiger partial charge in [-0.15, -0.1) is 11.3 Å². The highest BCUT2D eigenvalue weighted by Gasteiger charge is 1.89. The zero-order chi connectivity index (χ0) is 12.6. The maximum Gasteiger partial charge on any atom is 0.0771 e. The van der Waals surface area contributed by atoms with Crippen LogP contribution in [0.4, 0.5) is 5.69 Å². The molecule has 0 aliphatic heterocycles. The third kappa shape index (κ3) is 3.56. The number of hydrogen-bond donors (Lipinski definition) is 1. The van der Waals surface area contributed by atoms with Crippen LogP contribution in [0.2, 0.25) is 0 Å². The summed E-state index contributed by atoms with van der Waals surface area (Å²) in [5.74, 6) is 11.9. The van der Waals surface area contributed by atoms with E-state index in [2.05, 4.69) is 23.7 Å². The van der Waals surface area contributed by atoms with Crippen LogP contribution in [0.3, 0.4) is 0 Å². The highest BCUT2D eigenvalue weighted by molar-refractivity contribution is 7.10. The number of anilines is 1. The minimum Gasteiger partial charge on any atom is -0.398 e. The minimum atomic E-state index is 0.697. The molecule has 0 saturated carbocycles. The molecule has 18 heavy (non-hydrogen) atoms. The molecule has 2 rings (SSSR count). The lowest BCUT2D eigenvalue weighted by atomic mass is 10.2. The van der Waals surface area contributed by atoms with Crippen LogP contribution >= 0.6 is 11.3 Å². The Morgan fingerprint density at radius 2 is 1.72 bits per heavy atom. The molecule has 1 aromatic heterocycles. The van der Waals surface area contributed by atoms with E-state index in [4.69, 9.17) is 5.73 Å². The Kier molecular flexibility index (Phi) is 4.25. The highest BCUT2D eigenvalue weighted by atomic mass is 32.1. The predicted molar refractivity (Wildman–Crippen MR) is 78.1 cm³/mol. The average molecular weight is 249 g/mol. The van der Waals surface area contributed by atoms with Crippen LogP contribution in [-0.2, 0) is 0 Å². The first-order valence-corrected chi connectivity index (χ1v) is 6.30. The van der Waals surface area contributed by atoms with Crippen molar-refractivity contribution in [1.29, 1.82) is 0 Å². The molecule has 1 nitrogen and oxygen atoms in total. The molecular formula is C16H11NS. The lowest BCUT2D eigenvalue weighted by Gasteiger charge is -1.93. The van der Waals surface area contributed by atoms with E-state index in [1.54, 1.807) is 23.5 Å². The summed E-state index contributed by atoms with van der Waals surface area (Å²) >= 11 is 1.63. The molecule has 0 radical (unpaired) electrons. The van der Waals surface area contributed by atoms with E-state index in [0.717, 1.165) is 10.4 Å². The summed E-state index contributed by atoms with van der Waals surface area (Å²) in [7, 11) is 0. The van der Waals surface area contributed by atoms with Crippen LogP contribution in [0.15, 0.2) is 53.9 Å². The standard InChI is InChI=1S/C16H11NS/c17-16-12-6-5-9-14(16)8-3-1-2-4-10-15-11-7-13-18-15/h1-2,5-7,9,11-13H,17H2/b2-1-. The second-order valence-electron chi connectivity index (χ2n) is 3.44. The number of hydrogen-bond acceptors (Lipinski definition) is 2. The van der Waals surface area contributed by atoms with Crippen molar-refractivity contribution in [3.63, 3.8) is 0 Å². The second kappa shape index (κ2) is 6.35. The third-order valence-corrected chi connectivity index (χ3v) is 2.92. The van der Waals surface area contributed by atoms with Crippen molar-refractivity contribution in [3.05, 3.63) is 64.4 Å². The van der Waals surface area contributed by atoms with Crippen LogP contribution in [0.1, 0.15) is 10.4 Å². The van der Waals surface area contributed by atoms with Crippen LogP contribution in [0.5, 0.6) is 0 Å². The van der Waals surface area contributed by atoms with Crippen molar-refractivity contribution in [1.82, 2.24) is 0 Å². The Hall–Kier alpha value is -2.42. The van der Waals surface area contributed by atoms with Gasteiger partial charge in [0.05, 0.1) is 4.88 Å². The first-order chi connectivity index (χ1) is 8.86. The van der Waals surface area contributed by atoms with E-state index in [-0.39, 0.29) is 0 Å². The number of rotatable bonds is 0. The predicted octanol–water partition coefficient (Wildman–Crippen LogP) is 3.29. The number of benzene rings is 1. The molecule has 2 aromatic rings. The lowest BCUT2D eigenvalue weighted by Crippen LogP contribution is -1.87. The zero-order valence-electron chi connectivity index (χ0n) is 9.68. The van der Waals surface area contributed by atoms with Crippen molar-refractivity contribution in [3.8, 4) is 23.7 Å². The first kappa shape index (κ1) is 12.0. The van der Waals surface area contributed by atoms with Gasteiger partial charge in [-0.05, 0) is 35.7 Å². The van der Waals surface area contributed by atoms with Gasteiger partial charge in [-0.1, -0.05) is 41.9 Å². The summed E-state index contributed by atoms with van der Waals surface area (Å²) in [6, 6.07) is 11.5. The average Bonchev–Trinajstić information content (AvgIpc) is 2.89. The zero-order valence-corrected chi connectivity index (χ0v) is 10.5. The number of para-hydroxylation sites is 1. The van der Waals surface area contributed by atoms with Gasteiger partial charge in [0.2, 0.25) is 0 Å². The number of thiophene rings is 1. The Bertz CT molecular complexity index is 658. The van der Waals surface area contributed by atoms with Crippen molar-refractivity contribution >= 4 is 17.0 Å². The Morgan fingerprint density at radius 3 is 2.44 bits per heavy atom. The highest BCUT2D eigenvalue weighted by Crippen LogP contribution is 2.07. The molecule has 1 aromatic carbocycles. The van der Waals surface area contributed by atoms with Gasteiger partial charge in [0.1, 0.15) is 0 Å². The lowest BCUT2D eigenvalue weighted by molar-refractivity contribution is 1.63. The van der Waals surface area contributed by atoms with Gasteiger partial charge in [0.15, 0.2) is 0 Å². The molecule has 0 spiro atoms. The fourth-order valence-corrected chi connectivity index (χ4v) is 1.85. The quantitative estimate of drug-likeness (QED) is 0.562. The number of nitrogens with two attached hydrogens (primary N) is 1. The Morgan fingerprint density at radius 1 is 0.944 bits per heavy atom. The van der Waals surface area contributed by atoms with Crippen LogP contribution in [0.25, 0.3) is 0 Å². The van der Waals surface area contributed by atoms with E-state index in [1.807, 2.05) is 41.8 Å². The summed E-state index contributed by atoms with van der Waals surface area (Å²) in [4.78, 5) is 1.06. The van der Waals surface area contributed by atoms with Gasteiger partial charge in [-0.25, -0.2) is 0 Å². The van der Waals surface area contributed by atoms with E-state index >= 15 is 0 Å². The van der Waals surface area contributed by atoms with Crippen LogP contribution < -0.4 is 5.73 Å². The summed E-state index contributed by atoms with van der Waals surface area (Å²) < 4.78 is 0. The third-order valence-electron chi connectivity index (χ3n) is 2.13. The fourth-order valence-electron chi connectivity index (χ4n) is 1.28. The molecule has 2 N–H and O–H groups in total. The largest absolute Gasteiger partial charge is 0.398 e. The smallest absolute Gasteiger partial charge is 0.0771 e. The van der Waals surface area contributed by atoms with Crippen molar-refractivity contribution in [2.75, 3.05) is 5.73 Å². The van der Waals surface area contributed by atoms with Gasteiger partial charge < -0.3 is 5.73 Å². The Balaban J connectivity index is 1.99. The number of allylic oxidation sites excluding steroid dienone is 2. The van der Waals surface area contributed by atoms with Gasteiger partial charge in [-0.3, -0.25) is 0 Å². The van der Waals surface area contributed by atoms with Crippen molar-refractivity contribution in [2.24, 2.45) is 0 Å². The molecular weight excluding hydrogens is 238 g/mol. The first-order valence-electron chi connectivity index (χ1n) is 5.42. The molecule has 0 bridgehead atoms. The van der Waals surface area contributed by atoms with Crippen LogP contribution in [-0.4, -0.2) is 0 Å². The monoisotopic (exact) mass is 249 g/mol. The summed E-state index contributed by atoms with van der Waals surface area (Å²) in [5.41, 5.74) is 7.31. The molecule has 1 heterocycles. The molecule has 0 amide bonds. The molecule has 0 unspecified atom stereocenters. The van der Waals surface area contributed by atoms with Gasteiger partial charge in [-0.2, -0.15) is 0 Å². The van der Waals surface area contributed by atoms with E-state index in [1.165, 1.54) is 0 Å². The molecule has 0 aliphatic carbocycles. The Labute approximate surface area is 111 Å². The van der Waals surface area contributed by atoms with E-state index < -0.39 is 0 Å². The second-order valence-corrected chi connectivity index (χ2v) is 4.38. The molecule has 2 heteroatoms. The van der Waals surface area contributed by atoms with E-state index in [0.29, 0.717) is 5.69 Å². The maximum atomic E-state index is 5.77. The molecule has 0 fully saturated rings. The number of nitrogen functional groups attached to an aromatic ring is 1. The summed E-state index contributed by atoms with van der Waals surface area (Å²) in [5, 5.41) is 2.01. The summed E-state index contributed by atoms with van der Waals surface area (Å²) in [6.45, 7) is 0. The van der Waals surface area contributed by atoms with Crippen molar-refractivity contribution in [2.45, 2.75) is 0 Å². The molecule has 86 valence electrons. The fraction of sp³-hybridized carbons (Fsp3) is 0. The van der Waals surface area contributed by atoms with Gasteiger partial charge in [0.25, 0.3) is 0 Å². The molecule has 0 aliphatic rings. The van der Waals surface area contributed by atoms with E-state index in [9.17, 15) is 0 Å². The minimum absolute atomic E-state index is 0.697. The van der Waals surface area contributed by atoms with Gasteiger partial charge in [0, 0.05) is 11.3 Å². The SMILES string of the molecule is Nc1ccccc1C#C/C=C\C#Cc1cccs1. The van der Waals surface area contributed by atoms with Gasteiger partial charge >= 0.3 is 0 Å². The van der Waals surface area contributed by atoms with Crippen molar-refractivity contribution < 1.29 is 0 Å². The topological polar surface area (TPSA) is 26.0 Å². The maximum absolute atomic E-state index is 5.77. The van der Waals surface area contributed by atoms with Crippen LogP contribution in [0, 0.1) is 23.7 Å².